The van der Waals surface area contributed by atoms with E-state index < -0.39 is 0 Å². The smallest absolute Gasteiger partial charge is 0.254 e. The number of ether oxygens (including phenoxy) is 1. The molecule has 0 bridgehead atoms. The Bertz CT molecular complexity index is 472. The van der Waals surface area contributed by atoms with Crippen molar-refractivity contribution >= 4 is 11.6 Å². The maximum absolute atomic E-state index is 12.7. The normalized spacial score (nSPS) is 18.9. The number of methoxy groups -OCH3 is 1. The number of likely N-dealkylation sites (tertiary alicyclic amines) is 1. The van der Waals surface area contributed by atoms with Crippen LogP contribution in [0.4, 0.5) is 5.69 Å². The number of hydrogen-bond acceptors (Lipinski definition) is 3. The van der Waals surface area contributed by atoms with Crippen molar-refractivity contribution in [1.29, 1.82) is 0 Å². The Balaban J connectivity index is 2.18. The van der Waals surface area contributed by atoms with Crippen LogP contribution in [0.15, 0.2) is 18.2 Å². The van der Waals surface area contributed by atoms with Crippen LogP contribution in [0.5, 0.6) is 5.75 Å². The molecule has 1 atom stereocenters. The van der Waals surface area contributed by atoms with Crippen LogP contribution in [-0.4, -0.2) is 30.5 Å². The van der Waals surface area contributed by atoms with Gasteiger partial charge >= 0.3 is 0 Å². The highest BCUT2D eigenvalue weighted by atomic mass is 16.5. The second-order valence-corrected chi connectivity index (χ2v) is 5.39. The van der Waals surface area contributed by atoms with Crippen LogP contribution in [0, 0.1) is 0 Å². The Hall–Kier alpha value is -1.71. The molecular formula is C16H24N2O2. The molecule has 1 aliphatic heterocycles. The van der Waals surface area contributed by atoms with Crippen LogP contribution in [0.2, 0.25) is 0 Å². The van der Waals surface area contributed by atoms with Gasteiger partial charge < -0.3 is 15.4 Å². The van der Waals surface area contributed by atoms with Gasteiger partial charge in [0, 0.05) is 18.2 Å². The first-order valence-corrected chi connectivity index (χ1v) is 7.41. The van der Waals surface area contributed by atoms with Gasteiger partial charge in [-0.15, -0.1) is 0 Å². The van der Waals surface area contributed by atoms with E-state index in [4.69, 9.17) is 10.5 Å². The summed E-state index contributed by atoms with van der Waals surface area (Å²) in [6.45, 7) is 3.03. The van der Waals surface area contributed by atoms with Crippen molar-refractivity contribution in [1.82, 2.24) is 4.90 Å². The van der Waals surface area contributed by atoms with Crippen molar-refractivity contribution in [2.45, 2.75) is 45.1 Å². The minimum atomic E-state index is 0.0949. The molecule has 4 nitrogen and oxygen atoms in total. The van der Waals surface area contributed by atoms with Gasteiger partial charge in [-0.05, 0) is 43.9 Å². The largest absolute Gasteiger partial charge is 0.495 e. The molecule has 2 rings (SSSR count). The van der Waals surface area contributed by atoms with Crippen molar-refractivity contribution in [3.8, 4) is 5.75 Å². The SMILES string of the molecule is CCCC1CCCCN1C(=O)c1ccc(OC)c(N)c1. The summed E-state index contributed by atoms with van der Waals surface area (Å²) in [7, 11) is 1.58. The highest BCUT2D eigenvalue weighted by Gasteiger charge is 2.26. The molecule has 0 radical (unpaired) electrons. The molecule has 1 aromatic carbocycles. The van der Waals surface area contributed by atoms with Gasteiger partial charge in [0.05, 0.1) is 12.8 Å². The van der Waals surface area contributed by atoms with E-state index in [0.717, 1.165) is 32.2 Å². The van der Waals surface area contributed by atoms with E-state index in [2.05, 4.69) is 6.92 Å². The zero-order valence-corrected chi connectivity index (χ0v) is 12.4. The zero-order valence-electron chi connectivity index (χ0n) is 12.4. The van der Waals surface area contributed by atoms with Gasteiger partial charge in [-0.25, -0.2) is 0 Å². The summed E-state index contributed by atoms with van der Waals surface area (Å²) in [5, 5.41) is 0. The molecule has 4 heteroatoms. The molecule has 1 unspecified atom stereocenters. The maximum Gasteiger partial charge on any atom is 0.254 e. The van der Waals surface area contributed by atoms with Crippen LogP contribution < -0.4 is 10.5 Å². The summed E-state index contributed by atoms with van der Waals surface area (Å²) in [5.41, 5.74) is 7.07. The third-order valence-electron chi connectivity index (χ3n) is 3.99. The number of carbonyl (C=O) groups is 1. The minimum absolute atomic E-state index is 0.0949. The Kier molecular flexibility index (Phi) is 4.88. The lowest BCUT2D eigenvalue weighted by molar-refractivity contribution is 0.0600. The molecule has 1 saturated heterocycles. The number of hydrogen-bond donors (Lipinski definition) is 1. The Morgan fingerprint density at radius 1 is 1.45 bits per heavy atom. The fraction of sp³-hybridized carbons (Fsp3) is 0.562. The van der Waals surface area contributed by atoms with Crippen LogP contribution >= 0.6 is 0 Å². The molecule has 0 saturated carbocycles. The van der Waals surface area contributed by atoms with Crippen LogP contribution in [0.1, 0.15) is 49.4 Å². The van der Waals surface area contributed by atoms with Gasteiger partial charge in [-0.3, -0.25) is 4.79 Å². The Morgan fingerprint density at radius 2 is 2.25 bits per heavy atom. The summed E-state index contributed by atoms with van der Waals surface area (Å²) in [4.78, 5) is 14.7. The van der Waals surface area contributed by atoms with Crippen LogP contribution in [0.25, 0.3) is 0 Å². The predicted molar refractivity (Wildman–Crippen MR) is 81.0 cm³/mol. The topological polar surface area (TPSA) is 55.6 Å². The highest BCUT2D eigenvalue weighted by molar-refractivity contribution is 5.95. The van der Waals surface area contributed by atoms with Crippen LogP contribution in [-0.2, 0) is 0 Å². The maximum atomic E-state index is 12.7. The summed E-state index contributed by atoms with van der Waals surface area (Å²) >= 11 is 0. The van der Waals surface area contributed by atoms with E-state index in [9.17, 15) is 4.79 Å². The number of piperidine rings is 1. The fourth-order valence-corrected chi connectivity index (χ4v) is 2.93. The van der Waals surface area contributed by atoms with Gasteiger partial charge in [-0.1, -0.05) is 13.3 Å². The van der Waals surface area contributed by atoms with E-state index in [1.54, 1.807) is 25.3 Å². The fourth-order valence-electron chi connectivity index (χ4n) is 2.93. The van der Waals surface area contributed by atoms with E-state index in [0.29, 0.717) is 23.0 Å². The molecule has 1 amide bonds. The zero-order chi connectivity index (χ0) is 14.5. The molecular weight excluding hydrogens is 252 g/mol. The number of amides is 1. The molecule has 20 heavy (non-hydrogen) atoms. The molecule has 0 aliphatic carbocycles. The number of rotatable bonds is 4. The highest BCUT2D eigenvalue weighted by Crippen LogP contribution is 2.26. The standard InChI is InChI=1S/C16H24N2O2/c1-3-6-13-7-4-5-10-18(13)16(19)12-8-9-15(20-2)14(17)11-12/h8-9,11,13H,3-7,10,17H2,1-2H3. The molecule has 1 aliphatic rings. The van der Waals surface area contributed by atoms with Crippen molar-refractivity contribution in [2.24, 2.45) is 0 Å². The number of nitrogens with zero attached hydrogens (tertiary/aromatic N) is 1. The minimum Gasteiger partial charge on any atom is -0.495 e. The number of nitrogens with two attached hydrogens (primary N) is 1. The second kappa shape index (κ2) is 6.64. The molecule has 0 aromatic heterocycles. The van der Waals surface area contributed by atoms with Crippen LogP contribution in [0.3, 0.4) is 0 Å². The van der Waals surface area contributed by atoms with Gasteiger partial charge in [0.2, 0.25) is 0 Å². The first-order valence-electron chi connectivity index (χ1n) is 7.41. The monoisotopic (exact) mass is 276 g/mol. The van der Waals surface area contributed by atoms with Crippen molar-refractivity contribution in [3.05, 3.63) is 23.8 Å². The first kappa shape index (κ1) is 14.7. The van der Waals surface area contributed by atoms with Crippen molar-refractivity contribution in [3.63, 3.8) is 0 Å². The van der Waals surface area contributed by atoms with Crippen molar-refractivity contribution < 1.29 is 9.53 Å². The van der Waals surface area contributed by atoms with E-state index in [-0.39, 0.29) is 5.91 Å². The predicted octanol–water partition coefficient (Wildman–Crippen LogP) is 3.07. The van der Waals surface area contributed by atoms with Gasteiger partial charge in [-0.2, -0.15) is 0 Å². The van der Waals surface area contributed by atoms with Gasteiger partial charge in [0.1, 0.15) is 5.75 Å². The molecule has 1 heterocycles. The number of benzene rings is 1. The van der Waals surface area contributed by atoms with E-state index in [1.165, 1.54) is 6.42 Å². The average molecular weight is 276 g/mol. The first-order chi connectivity index (χ1) is 9.67. The average Bonchev–Trinajstić information content (AvgIpc) is 2.47. The van der Waals surface area contributed by atoms with E-state index >= 15 is 0 Å². The molecule has 2 N–H and O–H groups in total. The Morgan fingerprint density at radius 3 is 2.90 bits per heavy atom. The third-order valence-corrected chi connectivity index (χ3v) is 3.99. The number of nitrogen functional groups attached to an aromatic ring is 1. The summed E-state index contributed by atoms with van der Waals surface area (Å²) < 4.78 is 5.13. The molecule has 1 aromatic rings. The summed E-state index contributed by atoms with van der Waals surface area (Å²) in [6, 6.07) is 5.67. The lowest BCUT2D eigenvalue weighted by atomic mass is 9.97. The molecule has 1 fully saturated rings. The number of carbonyl (C=O) groups excluding carboxylic acids is 1. The number of anilines is 1. The summed E-state index contributed by atoms with van der Waals surface area (Å²) in [5.74, 6) is 0.711. The van der Waals surface area contributed by atoms with Crippen molar-refractivity contribution in [2.75, 3.05) is 19.4 Å². The quantitative estimate of drug-likeness (QED) is 0.860. The van der Waals surface area contributed by atoms with Gasteiger partial charge in [0.15, 0.2) is 0 Å². The molecule has 110 valence electrons. The molecule has 0 spiro atoms. The van der Waals surface area contributed by atoms with E-state index in [1.807, 2.05) is 4.90 Å². The van der Waals surface area contributed by atoms with Gasteiger partial charge in [0.25, 0.3) is 5.91 Å². The summed E-state index contributed by atoms with van der Waals surface area (Å²) in [6.07, 6.45) is 5.62. The lowest BCUT2D eigenvalue weighted by Crippen LogP contribution is -2.43. The second-order valence-electron chi connectivity index (χ2n) is 5.39. The third kappa shape index (κ3) is 3.06. The Labute approximate surface area is 120 Å². The lowest BCUT2D eigenvalue weighted by Gasteiger charge is -2.36.